The number of likely N-dealkylation sites (tertiary alicyclic amines) is 1. The van der Waals surface area contributed by atoms with Crippen LogP contribution in [0.5, 0.6) is 0 Å². The summed E-state index contributed by atoms with van der Waals surface area (Å²) < 4.78 is 0. The van der Waals surface area contributed by atoms with E-state index < -0.39 is 0 Å². The highest BCUT2D eigenvalue weighted by Crippen LogP contribution is 2.39. The van der Waals surface area contributed by atoms with Crippen LogP contribution in [0.3, 0.4) is 0 Å². The second-order valence-corrected chi connectivity index (χ2v) is 7.40. The van der Waals surface area contributed by atoms with Gasteiger partial charge in [0.05, 0.1) is 0 Å². The molecule has 4 heteroatoms. The Labute approximate surface area is 158 Å². The fraction of sp³-hybridized carbons (Fsp3) is 0.227. The molecule has 3 nitrogen and oxygen atoms in total. The lowest BCUT2D eigenvalue weighted by Gasteiger charge is -2.32. The van der Waals surface area contributed by atoms with Crippen molar-refractivity contribution in [1.82, 2.24) is 4.90 Å². The molecule has 0 saturated carbocycles. The van der Waals surface area contributed by atoms with E-state index in [1.165, 1.54) is 5.56 Å². The van der Waals surface area contributed by atoms with Crippen molar-refractivity contribution in [1.29, 1.82) is 0 Å². The SMILES string of the molecule is O=C(Nc1ccccc1)C(c1ccccc1)N1CCCC1c1ccsc1. The zero-order chi connectivity index (χ0) is 17.8. The molecule has 2 aromatic carbocycles. The largest absolute Gasteiger partial charge is 0.324 e. The standard InChI is InChI=1S/C22H22N2OS/c25-22(23-19-10-5-2-6-11-19)21(17-8-3-1-4-9-17)24-14-7-12-20(24)18-13-15-26-16-18/h1-6,8-11,13,15-16,20-21H,7,12,14H2,(H,23,25). The second kappa shape index (κ2) is 7.85. The Morgan fingerprint density at radius 2 is 1.77 bits per heavy atom. The molecule has 3 aromatic rings. The number of benzene rings is 2. The van der Waals surface area contributed by atoms with Crippen LogP contribution < -0.4 is 5.32 Å². The van der Waals surface area contributed by atoms with Crippen molar-refractivity contribution in [2.24, 2.45) is 0 Å². The molecule has 132 valence electrons. The van der Waals surface area contributed by atoms with Gasteiger partial charge in [-0.25, -0.2) is 0 Å². The maximum Gasteiger partial charge on any atom is 0.246 e. The third-order valence-corrected chi connectivity index (χ3v) is 5.66. The van der Waals surface area contributed by atoms with Crippen LogP contribution in [0.25, 0.3) is 0 Å². The first kappa shape index (κ1) is 17.0. The van der Waals surface area contributed by atoms with Gasteiger partial charge in [0.1, 0.15) is 6.04 Å². The zero-order valence-corrected chi connectivity index (χ0v) is 15.4. The lowest BCUT2D eigenvalue weighted by molar-refractivity contribution is -0.122. The number of nitrogens with zero attached hydrogens (tertiary/aromatic N) is 1. The lowest BCUT2D eigenvalue weighted by atomic mass is 10.0. The van der Waals surface area contributed by atoms with E-state index in [-0.39, 0.29) is 11.9 Å². The van der Waals surface area contributed by atoms with Gasteiger partial charge < -0.3 is 5.32 Å². The molecular weight excluding hydrogens is 340 g/mol. The van der Waals surface area contributed by atoms with E-state index >= 15 is 0 Å². The van der Waals surface area contributed by atoms with Crippen molar-refractivity contribution in [2.45, 2.75) is 24.9 Å². The fourth-order valence-electron chi connectivity index (χ4n) is 3.78. The van der Waals surface area contributed by atoms with Gasteiger partial charge in [-0.05, 0) is 59.5 Å². The molecular formula is C22H22N2OS. The number of hydrogen-bond donors (Lipinski definition) is 1. The Morgan fingerprint density at radius 3 is 2.46 bits per heavy atom. The van der Waals surface area contributed by atoms with Gasteiger partial charge >= 0.3 is 0 Å². The van der Waals surface area contributed by atoms with Crippen molar-refractivity contribution in [2.75, 3.05) is 11.9 Å². The smallest absolute Gasteiger partial charge is 0.246 e. The van der Waals surface area contributed by atoms with Crippen LogP contribution in [0, 0.1) is 0 Å². The molecule has 26 heavy (non-hydrogen) atoms. The van der Waals surface area contributed by atoms with Gasteiger partial charge in [-0.15, -0.1) is 0 Å². The van der Waals surface area contributed by atoms with E-state index in [1.54, 1.807) is 11.3 Å². The number of hydrogen-bond acceptors (Lipinski definition) is 3. The van der Waals surface area contributed by atoms with Crippen LogP contribution in [0.15, 0.2) is 77.5 Å². The minimum atomic E-state index is -0.288. The predicted octanol–water partition coefficient (Wildman–Crippen LogP) is 5.27. The van der Waals surface area contributed by atoms with Gasteiger partial charge in [0.15, 0.2) is 0 Å². The van der Waals surface area contributed by atoms with Crippen LogP contribution >= 0.6 is 11.3 Å². The molecule has 0 aliphatic carbocycles. The molecule has 1 N–H and O–H groups in total. The van der Waals surface area contributed by atoms with Gasteiger partial charge in [0.25, 0.3) is 0 Å². The van der Waals surface area contributed by atoms with E-state index in [9.17, 15) is 4.79 Å². The number of nitrogens with one attached hydrogen (secondary N) is 1. The quantitative estimate of drug-likeness (QED) is 0.671. The molecule has 2 atom stereocenters. The average molecular weight is 362 g/mol. The Balaban J connectivity index is 1.66. The molecule has 1 saturated heterocycles. The first-order valence-electron chi connectivity index (χ1n) is 9.01. The summed E-state index contributed by atoms with van der Waals surface area (Å²) in [5.74, 6) is 0.0320. The second-order valence-electron chi connectivity index (χ2n) is 6.62. The molecule has 2 heterocycles. The van der Waals surface area contributed by atoms with Crippen molar-refractivity contribution in [3.05, 3.63) is 88.6 Å². The fourth-order valence-corrected chi connectivity index (χ4v) is 4.49. The molecule has 1 aliphatic rings. The van der Waals surface area contributed by atoms with Gasteiger partial charge in [0, 0.05) is 11.7 Å². The Kier molecular flexibility index (Phi) is 5.14. The van der Waals surface area contributed by atoms with E-state index in [4.69, 9.17) is 0 Å². The number of carbonyl (C=O) groups is 1. The Hall–Kier alpha value is -2.43. The molecule has 4 rings (SSSR count). The van der Waals surface area contributed by atoms with Crippen LogP contribution in [0.4, 0.5) is 5.69 Å². The summed E-state index contributed by atoms with van der Waals surface area (Å²) in [7, 11) is 0. The molecule has 1 aliphatic heterocycles. The summed E-state index contributed by atoms with van der Waals surface area (Å²) in [5, 5.41) is 7.43. The summed E-state index contributed by atoms with van der Waals surface area (Å²) in [4.78, 5) is 15.6. The third kappa shape index (κ3) is 3.57. The summed E-state index contributed by atoms with van der Waals surface area (Å²) in [5.41, 5.74) is 3.20. The molecule has 0 bridgehead atoms. The third-order valence-electron chi connectivity index (χ3n) is 4.96. The minimum absolute atomic E-state index is 0.0320. The number of rotatable bonds is 5. The predicted molar refractivity (Wildman–Crippen MR) is 107 cm³/mol. The lowest BCUT2D eigenvalue weighted by Crippen LogP contribution is -2.37. The van der Waals surface area contributed by atoms with Crippen molar-refractivity contribution >= 4 is 22.9 Å². The topological polar surface area (TPSA) is 32.3 Å². The molecule has 1 aromatic heterocycles. The number of amides is 1. The molecule has 1 fully saturated rings. The summed E-state index contributed by atoms with van der Waals surface area (Å²) in [6, 6.07) is 22.0. The highest BCUT2D eigenvalue weighted by molar-refractivity contribution is 7.07. The molecule has 2 unspecified atom stereocenters. The van der Waals surface area contributed by atoms with Crippen LogP contribution in [-0.2, 0) is 4.79 Å². The van der Waals surface area contributed by atoms with Crippen LogP contribution in [-0.4, -0.2) is 17.4 Å². The number of thiophene rings is 1. The highest BCUT2D eigenvalue weighted by Gasteiger charge is 2.36. The normalized spacial score (nSPS) is 18.5. The van der Waals surface area contributed by atoms with Gasteiger partial charge in [-0.2, -0.15) is 11.3 Å². The van der Waals surface area contributed by atoms with Crippen LogP contribution in [0.1, 0.15) is 36.1 Å². The molecule has 1 amide bonds. The maximum atomic E-state index is 13.3. The minimum Gasteiger partial charge on any atom is -0.324 e. The van der Waals surface area contributed by atoms with Crippen molar-refractivity contribution in [3.8, 4) is 0 Å². The van der Waals surface area contributed by atoms with Gasteiger partial charge in [-0.1, -0.05) is 48.5 Å². The maximum absolute atomic E-state index is 13.3. The van der Waals surface area contributed by atoms with Gasteiger partial charge in [0.2, 0.25) is 5.91 Å². The van der Waals surface area contributed by atoms with E-state index in [0.717, 1.165) is 30.6 Å². The Morgan fingerprint density at radius 1 is 1.04 bits per heavy atom. The van der Waals surface area contributed by atoms with Crippen LogP contribution in [0.2, 0.25) is 0 Å². The van der Waals surface area contributed by atoms with E-state index in [0.29, 0.717) is 6.04 Å². The zero-order valence-electron chi connectivity index (χ0n) is 14.5. The average Bonchev–Trinajstić information content (AvgIpc) is 3.35. The highest BCUT2D eigenvalue weighted by atomic mass is 32.1. The number of para-hydroxylation sites is 1. The van der Waals surface area contributed by atoms with Gasteiger partial charge in [-0.3, -0.25) is 9.69 Å². The molecule has 0 radical (unpaired) electrons. The molecule has 0 spiro atoms. The van der Waals surface area contributed by atoms with Crippen molar-refractivity contribution < 1.29 is 4.79 Å². The monoisotopic (exact) mass is 362 g/mol. The first-order valence-corrected chi connectivity index (χ1v) is 9.96. The Bertz CT molecular complexity index is 833. The summed E-state index contributed by atoms with van der Waals surface area (Å²) in [6.45, 7) is 0.933. The summed E-state index contributed by atoms with van der Waals surface area (Å²) in [6.07, 6.45) is 2.21. The van der Waals surface area contributed by atoms with E-state index in [1.807, 2.05) is 48.5 Å². The van der Waals surface area contributed by atoms with E-state index in [2.05, 4.69) is 39.2 Å². The summed E-state index contributed by atoms with van der Waals surface area (Å²) >= 11 is 1.72. The first-order chi connectivity index (χ1) is 12.8. The number of carbonyl (C=O) groups excluding carboxylic acids is 1. The number of anilines is 1. The van der Waals surface area contributed by atoms with Crippen molar-refractivity contribution in [3.63, 3.8) is 0 Å².